The predicted molar refractivity (Wildman–Crippen MR) is 116 cm³/mol. The topological polar surface area (TPSA) is 123 Å². The van der Waals surface area contributed by atoms with Crippen LogP contribution in [0.2, 0.25) is 0 Å². The molecule has 5 heterocycles. The van der Waals surface area contributed by atoms with Crippen LogP contribution in [0.4, 0.5) is 11.8 Å². The van der Waals surface area contributed by atoms with Crippen molar-refractivity contribution in [3.8, 4) is 5.69 Å². The van der Waals surface area contributed by atoms with E-state index in [1.54, 1.807) is 21.5 Å². The SMILES string of the molecule is Nc1nc(N2CCCC2c2nc3cccn3c(=O)n2-c2ccccc2)c2[nH]cnc2n1. The first kappa shape index (κ1) is 17.6. The molecule has 0 saturated carbocycles. The summed E-state index contributed by atoms with van der Waals surface area (Å²) < 4.78 is 3.25. The third kappa shape index (κ3) is 2.68. The van der Waals surface area contributed by atoms with Crippen LogP contribution in [-0.4, -0.2) is 40.4 Å². The average Bonchev–Trinajstić information content (AvgIpc) is 3.53. The molecule has 1 fully saturated rings. The predicted octanol–water partition coefficient (Wildman–Crippen LogP) is 2.08. The van der Waals surface area contributed by atoms with Gasteiger partial charge in [-0.3, -0.25) is 4.40 Å². The normalized spacial score (nSPS) is 16.5. The summed E-state index contributed by atoms with van der Waals surface area (Å²) in [5, 5.41) is 0. The minimum absolute atomic E-state index is 0.156. The number of benzene rings is 1. The Morgan fingerprint density at radius 3 is 2.81 bits per heavy atom. The molecule has 10 nitrogen and oxygen atoms in total. The maximum Gasteiger partial charge on any atom is 0.339 e. The number of aromatic nitrogens is 7. The fourth-order valence-electron chi connectivity index (χ4n) is 4.37. The van der Waals surface area contributed by atoms with Crippen molar-refractivity contribution in [1.29, 1.82) is 0 Å². The molecule has 5 aromatic rings. The van der Waals surface area contributed by atoms with Crippen molar-refractivity contribution in [2.75, 3.05) is 17.2 Å². The number of imidazole rings is 1. The van der Waals surface area contributed by atoms with Crippen LogP contribution >= 0.6 is 0 Å². The highest BCUT2D eigenvalue weighted by Crippen LogP contribution is 2.37. The number of para-hydroxylation sites is 1. The third-order valence-corrected chi connectivity index (χ3v) is 5.70. The number of rotatable bonds is 3. The number of nitrogens with one attached hydrogen (secondary N) is 1. The number of fused-ring (bicyclic) bond motifs is 2. The first-order valence-electron chi connectivity index (χ1n) is 10.1. The molecule has 154 valence electrons. The van der Waals surface area contributed by atoms with Gasteiger partial charge in [0, 0.05) is 12.7 Å². The van der Waals surface area contributed by atoms with Gasteiger partial charge in [0.25, 0.3) is 0 Å². The van der Waals surface area contributed by atoms with E-state index in [9.17, 15) is 4.79 Å². The smallest absolute Gasteiger partial charge is 0.339 e. The van der Waals surface area contributed by atoms with Gasteiger partial charge in [-0.25, -0.2) is 19.3 Å². The molecule has 6 rings (SSSR count). The zero-order valence-corrected chi connectivity index (χ0v) is 16.5. The molecule has 0 aliphatic carbocycles. The van der Waals surface area contributed by atoms with E-state index >= 15 is 0 Å². The molecule has 1 aromatic carbocycles. The molecular formula is C21H19N9O. The molecule has 1 atom stereocenters. The molecule has 0 spiro atoms. The number of H-pyrrole nitrogens is 1. The molecule has 0 radical (unpaired) electrons. The molecular weight excluding hydrogens is 394 g/mol. The number of anilines is 2. The number of nitrogen functional groups attached to an aromatic ring is 1. The minimum atomic E-state index is -0.159. The number of aromatic amines is 1. The Labute approximate surface area is 176 Å². The highest BCUT2D eigenvalue weighted by molar-refractivity contribution is 5.84. The summed E-state index contributed by atoms with van der Waals surface area (Å²) in [6, 6.07) is 13.1. The Balaban J connectivity index is 1.59. The van der Waals surface area contributed by atoms with Crippen molar-refractivity contribution >= 4 is 28.6 Å². The monoisotopic (exact) mass is 413 g/mol. The fraction of sp³-hybridized carbons (Fsp3) is 0.190. The van der Waals surface area contributed by atoms with Gasteiger partial charge < -0.3 is 15.6 Å². The number of hydrogen-bond donors (Lipinski definition) is 2. The first-order valence-corrected chi connectivity index (χ1v) is 10.1. The molecule has 1 aliphatic rings. The molecule has 0 bridgehead atoms. The third-order valence-electron chi connectivity index (χ3n) is 5.70. The summed E-state index contributed by atoms with van der Waals surface area (Å²) in [6.07, 6.45) is 5.08. The van der Waals surface area contributed by atoms with Gasteiger partial charge in [-0.05, 0) is 37.1 Å². The van der Waals surface area contributed by atoms with Crippen molar-refractivity contribution in [2.24, 2.45) is 0 Å². The van der Waals surface area contributed by atoms with E-state index in [0.29, 0.717) is 22.9 Å². The van der Waals surface area contributed by atoms with Crippen LogP contribution in [0, 0.1) is 0 Å². The lowest BCUT2D eigenvalue weighted by atomic mass is 10.2. The molecule has 10 heteroatoms. The van der Waals surface area contributed by atoms with Crippen molar-refractivity contribution in [2.45, 2.75) is 18.9 Å². The Morgan fingerprint density at radius 1 is 1.06 bits per heavy atom. The molecule has 3 N–H and O–H groups in total. The first-order chi connectivity index (χ1) is 15.2. The maximum absolute atomic E-state index is 13.4. The van der Waals surface area contributed by atoms with E-state index < -0.39 is 0 Å². The highest BCUT2D eigenvalue weighted by atomic mass is 16.1. The molecule has 1 saturated heterocycles. The van der Waals surface area contributed by atoms with Crippen molar-refractivity contribution in [3.63, 3.8) is 0 Å². The lowest BCUT2D eigenvalue weighted by molar-refractivity contribution is 0.617. The van der Waals surface area contributed by atoms with Gasteiger partial charge in [-0.15, -0.1) is 0 Å². The van der Waals surface area contributed by atoms with Crippen molar-refractivity contribution in [3.05, 3.63) is 71.3 Å². The Morgan fingerprint density at radius 2 is 1.94 bits per heavy atom. The van der Waals surface area contributed by atoms with E-state index in [1.807, 2.05) is 42.5 Å². The van der Waals surface area contributed by atoms with Crippen molar-refractivity contribution < 1.29 is 0 Å². The standard InChI is InChI=1S/C21H19N9O/c22-20-26-17-16(23-12-24-17)19(27-20)28-10-4-8-14(28)18-25-15-9-5-11-29(15)21(31)30(18)13-6-2-1-3-7-13/h1-3,5-7,9,11-12,14H,4,8,10H2,(H3,22,23,24,26,27). The van der Waals surface area contributed by atoms with Gasteiger partial charge >= 0.3 is 5.69 Å². The number of nitrogens with zero attached hydrogens (tertiary/aromatic N) is 7. The van der Waals surface area contributed by atoms with E-state index in [1.165, 1.54) is 0 Å². The Kier molecular flexibility index (Phi) is 3.79. The van der Waals surface area contributed by atoms with Crippen LogP contribution in [-0.2, 0) is 0 Å². The van der Waals surface area contributed by atoms with Crippen LogP contribution in [0.15, 0.2) is 59.8 Å². The van der Waals surface area contributed by atoms with Gasteiger partial charge in [0.2, 0.25) is 5.95 Å². The fourth-order valence-corrected chi connectivity index (χ4v) is 4.37. The van der Waals surface area contributed by atoms with Crippen molar-refractivity contribution in [1.82, 2.24) is 33.9 Å². The van der Waals surface area contributed by atoms with Gasteiger partial charge in [-0.2, -0.15) is 9.97 Å². The average molecular weight is 413 g/mol. The number of nitrogens with two attached hydrogens (primary N) is 1. The second-order valence-electron chi connectivity index (χ2n) is 7.52. The summed E-state index contributed by atoms with van der Waals surface area (Å²) in [7, 11) is 0. The maximum atomic E-state index is 13.4. The van der Waals surface area contributed by atoms with Gasteiger partial charge in [0.1, 0.15) is 17.0 Å². The summed E-state index contributed by atoms with van der Waals surface area (Å²) in [5.74, 6) is 1.51. The molecule has 4 aromatic heterocycles. The summed E-state index contributed by atoms with van der Waals surface area (Å²) in [5.41, 5.74) is 8.43. The zero-order valence-electron chi connectivity index (χ0n) is 16.5. The second kappa shape index (κ2) is 6.66. The summed E-state index contributed by atoms with van der Waals surface area (Å²) >= 11 is 0. The lowest BCUT2D eigenvalue weighted by Gasteiger charge is -2.27. The second-order valence-corrected chi connectivity index (χ2v) is 7.52. The Hall–Kier alpha value is -4.21. The van der Waals surface area contributed by atoms with E-state index in [-0.39, 0.29) is 17.7 Å². The van der Waals surface area contributed by atoms with Crippen LogP contribution in [0.25, 0.3) is 22.5 Å². The molecule has 1 aliphatic heterocycles. The van der Waals surface area contributed by atoms with Crippen LogP contribution in [0.1, 0.15) is 24.7 Å². The largest absolute Gasteiger partial charge is 0.368 e. The Bertz CT molecular complexity index is 1470. The van der Waals surface area contributed by atoms with Gasteiger partial charge in [-0.1, -0.05) is 18.2 Å². The summed E-state index contributed by atoms with van der Waals surface area (Å²) in [6.45, 7) is 0.756. The van der Waals surface area contributed by atoms with Crippen LogP contribution in [0.3, 0.4) is 0 Å². The number of hydrogen-bond acceptors (Lipinski definition) is 7. The highest BCUT2D eigenvalue weighted by Gasteiger charge is 2.33. The lowest BCUT2D eigenvalue weighted by Crippen LogP contribution is -2.34. The molecule has 31 heavy (non-hydrogen) atoms. The van der Waals surface area contributed by atoms with Gasteiger partial charge in [0.05, 0.1) is 18.1 Å². The van der Waals surface area contributed by atoms with Crippen LogP contribution < -0.4 is 16.3 Å². The van der Waals surface area contributed by atoms with Gasteiger partial charge in [0.15, 0.2) is 11.5 Å². The van der Waals surface area contributed by atoms with E-state index in [4.69, 9.17) is 10.7 Å². The molecule has 1 unspecified atom stereocenters. The van der Waals surface area contributed by atoms with E-state index in [0.717, 1.165) is 30.6 Å². The van der Waals surface area contributed by atoms with E-state index in [2.05, 4.69) is 24.8 Å². The summed E-state index contributed by atoms with van der Waals surface area (Å²) in [4.78, 5) is 36.6. The molecule has 0 amide bonds. The van der Waals surface area contributed by atoms with Crippen LogP contribution in [0.5, 0.6) is 0 Å². The zero-order chi connectivity index (χ0) is 20.9. The minimum Gasteiger partial charge on any atom is -0.368 e. The quantitative estimate of drug-likeness (QED) is 0.464.